The van der Waals surface area contributed by atoms with Gasteiger partial charge >= 0.3 is 0 Å². The summed E-state index contributed by atoms with van der Waals surface area (Å²) >= 11 is 0. The third-order valence-corrected chi connectivity index (χ3v) is 18.4. The third-order valence-electron chi connectivity index (χ3n) is 18.4. The quantitative estimate of drug-likeness (QED) is 0.0740. The van der Waals surface area contributed by atoms with Gasteiger partial charge in [0.1, 0.15) is 11.5 Å². The van der Waals surface area contributed by atoms with Gasteiger partial charge < -0.3 is 30.2 Å². The summed E-state index contributed by atoms with van der Waals surface area (Å²) in [5.74, 6) is -1.67. The van der Waals surface area contributed by atoms with Crippen molar-refractivity contribution in [3.63, 3.8) is 0 Å². The monoisotopic (exact) mass is 1230 g/mol. The first-order chi connectivity index (χ1) is 46.8. The minimum Gasteiger partial charge on any atom is -0.508 e. The van der Waals surface area contributed by atoms with E-state index in [1.54, 1.807) is 18.2 Å². The topological polar surface area (TPSA) is 139 Å². The molecule has 1 aliphatic carbocycles. The van der Waals surface area contributed by atoms with E-state index >= 15 is 0 Å². The molecule has 4 atom stereocenters. The van der Waals surface area contributed by atoms with Crippen LogP contribution in [0.25, 0.3) is 89.0 Å². The lowest BCUT2D eigenvalue weighted by atomic mass is 9.88. The van der Waals surface area contributed by atoms with Gasteiger partial charge in [0.2, 0.25) is 0 Å². The van der Waals surface area contributed by atoms with Crippen molar-refractivity contribution in [1.82, 2.24) is 19.9 Å². The molecule has 10 aromatic carbocycles. The number of benzene rings is 10. The SMILES string of the molecule is Oc1cc(N(c2ccc(-c3cnccc3-c3ccccc3)cc2)c2ccc(-c3cnccc3-c3ccccc3)cc2)ccc1[C@H]1C[C@@H](O)[C@@H](c2ccc(N(c3ccc(-c4cnccc4-c4ccccc4)cc3)c3ccc(-c4cnccc4-c4ccccc4)cc3)cc2O)C1O. The number of aromatic hydroxyl groups is 2. The van der Waals surface area contributed by atoms with Crippen molar-refractivity contribution in [3.05, 3.63) is 340 Å². The van der Waals surface area contributed by atoms with Gasteiger partial charge in [0, 0.05) is 135 Å². The largest absolute Gasteiger partial charge is 0.508 e. The van der Waals surface area contributed by atoms with Crippen LogP contribution >= 0.6 is 0 Å². The average molecular weight is 1230 g/mol. The Hall–Kier alpha value is -12.1. The zero-order valence-electron chi connectivity index (χ0n) is 51.7. The second kappa shape index (κ2) is 26.3. The van der Waals surface area contributed by atoms with E-state index in [4.69, 9.17) is 0 Å². The molecule has 0 bridgehead atoms. The van der Waals surface area contributed by atoms with Crippen LogP contribution in [0.5, 0.6) is 11.5 Å². The molecule has 15 rings (SSSR count). The summed E-state index contributed by atoms with van der Waals surface area (Å²) in [7, 11) is 0. The fourth-order valence-electron chi connectivity index (χ4n) is 13.7. The first-order valence-electron chi connectivity index (χ1n) is 31.8. The Balaban J connectivity index is 0.745. The lowest BCUT2D eigenvalue weighted by Gasteiger charge is -2.28. The molecule has 458 valence electrons. The summed E-state index contributed by atoms with van der Waals surface area (Å²) in [5.41, 5.74) is 22.2. The Morgan fingerprint density at radius 2 is 0.537 bits per heavy atom. The van der Waals surface area contributed by atoms with Gasteiger partial charge in [-0.3, -0.25) is 19.9 Å². The van der Waals surface area contributed by atoms with Gasteiger partial charge in [0.15, 0.2) is 0 Å². The molecule has 0 amide bonds. The van der Waals surface area contributed by atoms with Crippen LogP contribution in [0, 0.1) is 0 Å². The standard InChI is InChI=1S/C85H64N6O4/c92-81-49-68(90(64-29-21-60(22-30-64)77-52-86-45-41-70(77)56-13-5-1-6-14-56)65-31-23-61(24-32-65)78-53-87-46-42-71(78)57-15-7-2-8-16-57)37-39-74(81)76-51-83(94)84(85(76)95)75-40-38-69(50-82(75)93)91(66-33-25-62(26-34-66)79-54-88-47-43-72(79)58-17-9-3-10-18-58)67-35-27-63(28-36-67)80-55-89-48-44-73(80)59-19-11-4-12-20-59/h1-50,52-55,76,83-85,92-95H,51H2/t76-,83-,84-,85?/m1/s1. The molecule has 1 unspecified atom stereocenters. The van der Waals surface area contributed by atoms with E-state index in [9.17, 15) is 20.4 Å². The van der Waals surface area contributed by atoms with Crippen LogP contribution < -0.4 is 9.80 Å². The number of aliphatic hydroxyl groups is 2. The number of hydrogen-bond acceptors (Lipinski definition) is 10. The zero-order chi connectivity index (χ0) is 64.2. The number of aliphatic hydroxyl groups excluding tert-OH is 2. The number of pyridine rings is 4. The van der Waals surface area contributed by atoms with Gasteiger partial charge in [-0.05, 0) is 164 Å². The van der Waals surface area contributed by atoms with Gasteiger partial charge in [-0.2, -0.15) is 0 Å². The minimum absolute atomic E-state index is 0.0322. The second-order valence-electron chi connectivity index (χ2n) is 23.9. The molecular formula is C85H64N6O4. The number of nitrogens with zero attached hydrogens (tertiary/aromatic N) is 6. The molecule has 4 N–H and O–H groups in total. The van der Waals surface area contributed by atoms with Crippen LogP contribution in [0.4, 0.5) is 34.1 Å². The molecule has 4 heterocycles. The summed E-state index contributed by atoms with van der Waals surface area (Å²) < 4.78 is 0. The third kappa shape index (κ3) is 11.9. The number of rotatable bonds is 16. The molecule has 1 saturated carbocycles. The van der Waals surface area contributed by atoms with E-state index in [1.165, 1.54) is 0 Å². The van der Waals surface area contributed by atoms with Crippen molar-refractivity contribution in [2.75, 3.05) is 9.80 Å². The highest BCUT2D eigenvalue weighted by molar-refractivity contribution is 5.90. The number of anilines is 6. The summed E-state index contributed by atoms with van der Waals surface area (Å²) in [6, 6.07) is 93.5. The van der Waals surface area contributed by atoms with Crippen LogP contribution in [0.2, 0.25) is 0 Å². The molecule has 0 spiro atoms. The first-order valence-corrected chi connectivity index (χ1v) is 31.8. The van der Waals surface area contributed by atoms with Gasteiger partial charge in [-0.1, -0.05) is 182 Å². The van der Waals surface area contributed by atoms with E-state index in [0.717, 1.165) is 112 Å². The second-order valence-corrected chi connectivity index (χ2v) is 23.9. The van der Waals surface area contributed by atoms with Crippen LogP contribution in [-0.4, -0.2) is 52.6 Å². The predicted octanol–water partition coefficient (Wildman–Crippen LogP) is 19.9. The Kier molecular flexibility index (Phi) is 16.4. The maximum atomic E-state index is 12.5. The first kappa shape index (κ1) is 59.2. The van der Waals surface area contributed by atoms with Crippen LogP contribution in [0.15, 0.2) is 329 Å². The van der Waals surface area contributed by atoms with Crippen molar-refractivity contribution in [2.45, 2.75) is 30.5 Å². The Morgan fingerprint density at radius 1 is 0.274 bits per heavy atom. The molecule has 1 aliphatic rings. The van der Waals surface area contributed by atoms with Crippen LogP contribution in [0.3, 0.4) is 0 Å². The molecule has 0 radical (unpaired) electrons. The Morgan fingerprint density at radius 3 is 0.821 bits per heavy atom. The molecule has 10 nitrogen and oxygen atoms in total. The molecule has 1 fully saturated rings. The van der Waals surface area contributed by atoms with Gasteiger partial charge in [0.05, 0.1) is 12.2 Å². The summed E-state index contributed by atoms with van der Waals surface area (Å²) in [6.07, 6.45) is 12.8. The van der Waals surface area contributed by atoms with Crippen molar-refractivity contribution >= 4 is 34.1 Å². The van der Waals surface area contributed by atoms with Crippen molar-refractivity contribution in [1.29, 1.82) is 0 Å². The number of phenolic OH excluding ortho intramolecular Hbond substituents is 2. The van der Waals surface area contributed by atoms with Crippen LogP contribution in [-0.2, 0) is 0 Å². The number of hydrogen-bond donors (Lipinski definition) is 4. The fourth-order valence-corrected chi connectivity index (χ4v) is 13.7. The average Bonchev–Trinajstić information content (AvgIpc) is 1.76. The van der Waals surface area contributed by atoms with Gasteiger partial charge in [-0.25, -0.2) is 0 Å². The summed E-state index contributed by atoms with van der Waals surface area (Å²) in [5, 5.41) is 49.1. The summed E-state index contributed by atoms with van der Waals surface area (Å²) in [4.78, 5) is 22.3. The highest BCUT2D eigenvalue weighted by atomic mass is 16.3. The zero-order valence-corrected chi connectivity index (χ0v) is 51.7. The number of aromatic nitrogens is 4. The smallest absolute Gasteiger partial charge is 0.121 e. The van der Waals surface area contributed by atoms with E-state index in [1.807, 2.05) is 165 Å². The molecule has 0 saturated heterocycles. The maximum absolute atomic E-state index is 12.5. The van der Waals surface area contributed by atoms with Crippen molar-refractivity contribution in [3.8, 4) is 101 Å². The van der Waals surface area contributed by atoms with Crippen molar-refractivity contribution in [2.24, 2.45) is 0 Å². The van der Waals surface area contributed by atoms with E-state index in [2.05, 4.69) is 175 Å². The summed E-state index contributed by atoms with van der Waals surface area (Å²) in [6.45, 7) is 0. The predicted molar refractivity (Wildman–Crippen MR) is 382 cm³/mol. The molecular weight excluding hydrogens is 1170 g/mol. The van der Waals surface area contributed by atoms with Gasteiger partial charge in [-0.15, -0.1) is 0 Å². The Labute approximate surface area is 552 Å². The molecule has 10 heteroatoms. The van der Waals surface area contributed by atoms with E-state index in [0.29, 0.717) is 22.5 Å². The fraction of sp³-hybridized carbons (Fsp3) is 0.0588. The maximum Gasteiger partial charge on any atom is 0.121 e. The van der Waals surface area contributed by atoms with E-state index < -0.39 is 24.0 Å². The van der Waals surface area contributed by atoms with E-state index in [-0.39, 0.29) is 17.9 Å². The minimum atomic E-state index is -1.17. The molecule has 95 heavy (non-hydrogen) atoms. The lowest BCUT2D eigenvalue weighted by Crippen LogP contribution is -2.23. The molecule has 4 aromatic heterocycles. The highest BCUT2D eigenvalue weighted by Gasteiger charge is 2.45. The highest BCUT2D eigenvalue weighted by Crippen LogP contribution is 2.51. The number of phenols is 2. The Bertz CT molecular complexity index is 4730. The van der Waals surface area contributed by atoms with Gasteiger partial charge in [0.25, 0.3) is 0 Å². The van der Waals surface area contributed by atoms with Crippen molar-refractivity contribution < 1.29 is 20.4 Å². The van der Waals surface area contributed by atoms with Crippen LogP contribution in [0.1, 0.15) is 29.4 Å². The normalized spacial score (nSPS) is 15.1. The molecule has 14 aromatic rings. The molecule has 0 aliphatic heterocycles. The lowest BCUT2D eigenvalue weighted by molar-refractivity contribution is 0.102.